The minimum atomic E-state index is -3.67. The minimum absolute atomic E-state index is 0.0694. The van der Waals surface area contributed by atoms with Crippen LogP contribution in [0.1, 0.15) is 31.7 Å². The van der Waals surface area contributed by atoms with Crippen LogP contribution in [0.3, 0.4) is 0 Å². The zero-order valence-corrected chi connectivity index (χ0v) is 14.7. The van der Waals surface area contributed by atoms with E-state index in [1.807, 2.05) is 4.68 Å². The van der Waals surface area contributed by atoms with Crippen molar-refractivity contribution in [3.05, 3.63) is 24.3 Å². The van der Waals surface area contributed by atoms with Crippen molar-refractivity contribution in [2.75, 3.05) is 12.4 Å². The summed E-state index contributed by atoms with van der Waals surface area (Å²) in [6.07, 6.45) is 4.72. The number of thioether (sulfide) groups is 1. The molecule has 2 aromatic rings. The Morgan fingerprint density at radius 3 is 2.62 bits per heavy atom. The summed E-state index contributed by atoms with van der Waals surface area (Å²) >= 11 is 1.55. The Bertz CT molecular complexity index is 770. The molecule has 24 heavy (non-hydrogen) atoms. The van der Waals surface area contributed by atoms with E-state index >= 15 is 0 Å². The average molecular weight is 369 g/mol. The molecule has 1 aromatic heterocycles. The lowest BCUT2D eigenvalue weighted by molar-refractivity contribution is 0.343. The molecular weight excluding hydrogens is 350 g/mol. The topological polar surface area (TPSA) is 113 Å². The van der Waals surface area contributed by atoms with Gasteiger partial charge in [-0.1, -0.05) is 24.6 Å². The summed E-state index contributed by atoms with van der Waals surface area (Å²) in [5.41, 5.74) is 0. The fourth-order valence-electron chi connectivity index (χ4n) is 2.68. The summed E-state index contributed by atoms with van der Waals surface area (Å²) in [4.78, 5) is 0.0694. The summed E-state index contributed by atoms with van der Waals surface area (Å²) in [6, 6.07) is 6.45. The third-order valence-corrected chi connectivity index (χ3v) is 5.70. The predicted octanol–water partition coefficient (Wildman–Crippen LogP) is 1.61. The molecule has 1 aliphatic rings. The second-order valence-corrected chi connectivity index (χ2v) is 8.18. The molecule has 0 radical (unpaired) electrons. The molecule has 1 heterocycles. The molecule has 0 aliphatic heterocycles. The second kappa shape index (κ2) is 7.49. The van der Waals surface area contributed by atoms with Crippen LogP contribution in [0.5, 0.6) is 5.75 Å². The molecule has 8 nitrogen and oxygen atoms in total. The molecule has 1 saturated carbocycles. The number of benzene rings is 1. The summed E-state index contributed by atoms with van der Waals surface area (Å²) < 4.78 is 29.9. The molecule has 1 aromatic carbocycles. The Morgan fingerprint density at radius 2 is 1.96 bits per heavy atom. The molecule has 1 fully saturated rings. The normalized spacial score (nSPS) is 15.7. The van der Waals surface area contributed by atoms with Gasteiger partial charge in [-0.3, -0.25) is 0 Å². The monoisotopic (exact) mass is 369 g/mol. The van der Waals surface area contributed by atoms with E-state index in [4.69, 9.17) is 9.88 Å². The Labute approximate surface area is 144 Å². The van der Waals surface area contributed by atoms with E-state index in [9.17, 15) is 8.42 Å². The third-order valence-electron chi connectivity index (χ3n) is 3.87. The van der Waals surface area contributed by atoms with Crippen molar-refractivity contribution < 1.29 is 13.2 Å². The van der Waals surface area contributed by atoms with Gasteiger partial charge in [0.05, 0.1) is 17.5 Å². The van der Waals surface area contributed by atoms with Crippen LogP contribution in [0.25, 0.3) is 0 Å². The van der Waals surface area contributed by atoms with Gasteiger partial charge in [0.1, 0.15) is 5.75 Å². The molecule has 10 heteroatoms. The van der Waals surface area contributed by atoms with E-state index in [-0.39, 0.29) is 4.90 Å². The molecule has 0 atom stereocenters. The minimum Gasteiger partial charge on any atom is -0.493 e. The van der Waals surface area contributed by atoms with Crippen molar-refractivity contribution in [2.45, 2.75) is 41.8 Å². The van der Waals surface area contributed by atoms with Gasteiger partial charge >= 0.3 is 0 Å². The maximum absolute atomic E-state index is 11.2. The SMILES string of the molecule is NS(=O)(=O)c1ccc(OCCSc2nnnn2C2CCCC2)cc1. The van der Waals surface area contributed by atoms with Gasteiger partial charge in [0.15, 0.2) is 0 Å². The highest BCUT2D eigenvalue weighted by Gasteiger charge is 2.21. The van der Waals surface area contributed by atoms with Crippen LogP contribution in [-0.4, -0.2) is 41.0 Å². The van der Waals surface area contributed by atoms with Crippen molar-refractivity contribution in [3.8, 4) is 5.75 Å². The van der Waals surface area contributed by atoms with Crippen LogP contribution in [0, 0.1) is 0 Å². The van der Waals surface area contributed by atoms with Crippen LogP contribution in [0.15, 0.2) is 34.3 Å². The fraction of sp³-hybridized carbons (Fsp3) is 0.500. The van der Waals surface area contributed by atoms with Crippen LogP contribution in [-0.2, 0) is 10.0 Å². The van der Waals surface area contributed by atoms with Gasteiger partial charge in [0.2, 0.25) is 15.2 Å². The van der Waals surface area contributed by atoms with Gasteiger partial charge < -0.3 is 4.74 Å². The number of primary sulfonamides is 1. The highest BCUT2D eigenvalue weighted by Crippen LogP contribution is 2.31. The number of ether oxygens (including phenoxy) is 1. The molecule has 3 rings (SSSR count). The fourth-order valence-corrected chi connectivity index (χ4v) is 3.95. The van der Waals surface area contributed by atoms with Crippen molar-refractivity contribution in [2.24, 2.45) is 5.14 Å². The van der Waals surface area contributed by atoms with Gasteiger partial charge in [-0.2, -0.15) is 0 Å². The molecule has 0 amide bonds. The van der Waals surface area contributed by atoms with Gasteiger partial charge in [-0.25, -0.2) is 18.2 Å². The van der Waals surface area contributed by atoms with Gasteiger partial charge in [-0.15, -0.1) is 5.10 Å². The number of rotatable bonds is 7. The molecule has 130 valence electrons. The second-order valence-electron chi connectivity index (χ2n) is 5.56. The molecule has 0 unspecified atom stereocenters. The average Bonchev–Trinajstić information content (AvgIpc) is 3.22. The zero-order valence-electron chi connectivity index (χ0n) is 13.0. The van der Waals surface area contributed by atoms with Crippen molar-refractivity contribution in [1.82, 2.24) is 20.2 Å². The molecule has 0 spiro atoms. The highest BCUT2D eigenvalue weighted by molar-refractivity contribution is 7.99. The summed E-state index contributed by atoms with van der Waals surface area (Å²) in [7, 11) is -3.67. The largest absolute Gasteiger partial charge is 0.493 e. The van der Waals surface area contributed by atoms with Crippen molar-refractivity contribution in [1.29, 1.82) is 0 Å². The third kappa shape index (κ3) is 4.25. The number of aromatic nitrogens is 4. The summed E-state index contributed by atoms with van der Waals surface area (Å²) in [5, 5.41) is 17.8. The molecule has 2 N–H and O–H groups in total. The number of sulfonamides is 1. The van der Waals surface area contributed by atoms with E-state index < -0.39 is 10.0 Å². The number of nitrogens with two attached hydrogens (primary N) is 1. The van der Waals surface area contributed by atoms with Crippen molar-refractivity contribution >= 4 is 21.8 Å². The molecule has 0 saturated heterocycles. The lowest BCUT2D eigenvalue weighted by Crippen LogP contribution is -2.12. The summed E-state index contributed by atoms with van der Waals surface area (Å²) in [5.74, 6) is 1.29. The van der Waals surface area contributed by atoms with E-state index in [1.54, 1.807) is 23.9 Å². The van der Waals surface area contributed by atoms with Crippen molar-refractivity contribution in [3.63, 3.8) is 0 Å². The number of hydrogen-bond donors (Lipinski definition) is 1. The summed E-state index contributed by atoms with van der Waals surface area (Å²) in [6.45, 7) is 0.469. The first kappa shape index (κ1) is 17.2. The van der Waals surface area contributed by atoms with E-state index in [0.717, 1.165) is 18.0 Å². The maximum Gasteiger partial charge on any atom is 0.238 e. The number of hydrogen-bond acceptors (Lipinski definition) is 7. The molecular formula is C14H19N5O3S2. The first-order valence-electron chi connectivity index (χ1n) is 7.70. The van der Waals surface area contributed by atoms with Crippen LogP contribution >= 0.6 is 11.8 Å². The van der Waals surface area contributed by atoms with Crippen LogP contribution in [0.2, 0.25) is 0 Å². The Balaban J connectivity index is 1.48. The van der Waals surface area contributed by atoms with Crippen LogP contribution < -0.4 is 9.88 Å². The first-order chi connectivity index (χ1) is 11.5. The Kier molecular flexibility index (Phi) is 5.36. The van der Waals surface area contributed by atoms with Gasteiger partial charge in [0, 0.05) is 5.75 Å². The lowest BCUT2D eigenvalue weighted by atomic mass is 10.3. The molecule has 0 bridgehead atoms. The van der Waals surface area contributed by atoms with Gasteiger partial charge in [0.25, 0.3) is 0 Å². The van der Waals surface area contributed by atoms with Gasteiger partial charge in [-0.05, 0) is 47.5 Å². The van der Waals surface area contributed by atoms with Crippen LogP contribution in [0.4, 0.5) is 0 Å². The maximum atomic E-state index is 11.2. The van der Waals surface area contributed by atoms with E-state index in [2.05, 4.69) is 15.5 Å². The Hall–Kier alpha value is -1.65. The first-order valence-corrected chi connectivity index (χ1v) is 10.2. The number of nitrogens with zero attached hydrogens (tertiary/aromatic N) is 4. The quantitative estimate of drug-likeness (QED) is 0.582. The smallest absolute Gasteiger partial charge is 0.238 e. The standard InChI is InChI=1S/C14H19N5O3S2/c15-24(20,21)13-7-5-12(6-8-13)22-9-10-23-14-16-17-18-19(14)11-3-1-2-4-11/h5-8,11H,1-4,9-10H2,(H2,15,20,21). The number of tetrazole rings is 1. The van der Waals surface area contributed by atoms with E-state index in [0.29, 0.717) is 24.2 Å². The Morgan fingerprint density at radius 1 is 1.25 bits per heavy atom. The molecule has 1 aliphatic carbocycles. The predicted molar refractivity (Wildman–Crippen MR) is 89.4 cm³/mol. The lowest BCUT2D eigenvalue weighted by Gasteiger charge is -2.11. The zero-order chi connectivity index (χ0) is 17.0. The van der Waals surface area contributed by atoms with E-state index in [1.165, 1.54) is 25.0 Å². The highest BCUT2D eigenvalue weighted by atomic mass is 32.2.